The summed E-state index contributed by atoms with van der Waals surface area (Å²) in [6, 6.07) is 7.19. The molecule has 0 amide bonds. The third kappa shape index (κ3) is 3.35. The lowest BCUT2D eigenvalue weighted by Gasteiger charge is -2.51. The Morgan fingerprint density at radius 3 is 2.18 bits per heavy atom. The van der Waals surface area contributed by atoms with Gasteiger partial charge in [-0.2, -0.15) is 0 Å². The minimum Gasteiger partial charge on any atom is -0.493 e. The van der Waals surface area contributed by atoms with Gasteiger partial charge in [0.25, 0.3) is 0 Å². The average Bonchev–Trinajstić information content (AvgIpc) is 3.21. The Labute approximate surface area is 192 Å². The number of rotatable bonds is 4. The summed E-state index contributed by atoms with van der Waals surface area (Å²) in [5.41, 5.74) is 1.07. The van der Waals surface area contributed by atoms with Gasteiger partial charge in [0, 0.05) is 30.4 Å². The van der Waals surface area contributed by atoms with Crippen molar-refractivity contribution in [3.8, 4) is 34.5 Å². The van der Waals surface area contributed by atoms with Crippen molar-refractivity contribution in [3.63, 3.8) is 0 Å². The van der Waals surface area contributed by atoms with E-state index in [0.717, 1.165) is 11.1 Å². The topological polar surface area (TPSA) is 92.7 Å². The predicted molar refractivity (Wildman–Crippen MR) is 118 cm³/mol. The largest absolute Gasteiger partial charge is 0.493 e. The van der Waals surface area contributed by atoms with E-state index in [1.54, 1.807) is 20.3 Å². The fraction of sp³-hybridized carbons (Fsp3) is 0.480. The van der Waals surface area contributed by atoms with Crippen molar-refractivity contribution in [1.29, 1.82) is 0 Å². The highest BCUT2D eigenvalue weighted by Crippen LogP contribution is 2.58. The molecule has 1 N–H and O–H groups in total. The fourth-order valence-electron chi connectivity index (χ4n) is 5.53. The summed E-state index contributed by atoms with van der Waals surface area (Å²) in [6.07, 6.45) is 0.648. The van der Waals surface area contributed by atoms with Gasteiger partial charge in [-0.3, -0.25) is 4.79 Å². The van der Waals surface area contributed by atoms with Crippen molar-refractivity contribution in [2.75, 3.05) is 28.1 Å². The van der Waals surface area contributed by atoms with Gasteiger partial charge in [0.1, 0.15) is 11.5 Å². The highest BCUT2D eigenvalue weighted by molar-refractivity contribution is 5.86. The van der Waals surface area contributed by atoms with Crippen LogP contribution in [0.3, 0.4) is 0 Å². The molecule has 2 aliphatic heterocycles. The Balaban J connectivity index is 1.75. The fourth-order valence-corrected chi connectivity index (χ4v) is 5.53. The lowest BCUT2D eigenvalue weighted by Crippen LogP contribution is -2.58. The molecule has 33 heavy (non-hydrogen) atoms. The molecule has 1 saturated carbocycles. The summed E-state index contributed by atoms with van der Waals surface area (Å²) in [7, 11) is 4.62. The van der Waals surface area contributed by atoms with Gasteiger partial charge in [0.05, 0.1) is 27.2 Å². The maximum absolute atomic E-state index is 13.5. The van der Waals surface area contributed by atoms with E-state index in [1.165, 1.54) is 7.11 Å². The van der Waals surface area contributed by atoms with E-state index in [0.29, 0.717) is 47.3 Å². The molecule has 0 spiro atoms. The molecule has 0 radical (unpaired) electrons. The first-order valence-electron chi connectivity index (χ1n) is 10.9. The van der Waals surface area contributed by atoms with Gasteiger partial charge in [-0.25, -0.2) is 0 Å². The molecule has 1 fully saturated rings. The third-order valence-electron chi connectivity index (χ3n) is 6.72. The van der Waals surface area contributed by atoms with Crippen molar-refractivity contribution in [3.05, 3.63) is 35.4 Å². The molecule has 0 unspecified atom stereocenters. The first-order valence-corrected chi connectivity index (χ1v) is 10.9. The second-order valence-electron chi connectivity index (χ2n) is 9.59. The maximum atomic E-state index is 13.5. The van der Waals surface area contributed by atoms with Gasteiger partial charge in [0.15, 0.2) is 23.0 Å². The molecule has 3 aliphatic rings. The van der Waals surface area contributed by atoms with Crippen molar-refractivity contribution in [2.24, 2.45) is 11.3 Å². The van der Waals surface area contributed by atoms with Crippen molar-refractivity contribution < 1.29 is 38.3 Å². The minimum atomic E-state index is -1.68. The Morgan fingerprint density at radius 1 is 0.939 bits per heavy atom. The number of ketones is 1. The zero-order chi connectivity index (χ0) is 23.5. The molecule has 0 saturated heterocycles. The number of hydrogen-bond donors (Lipinski definition) is 1. The van der Waals surface area contributed by atoms with Crippen LogP contribution < -0.4 is 28.4 Å². The highest BCUT2D eigenvalue weighted by atomic mass is 16.7. The Hall–Kier alpha value is -3.13. The van der Waals surface area contributed by atoms with Crippen LogP contribution in [0.15, 0.2) is 24.3 Å². The lowest BCUT2D eigenvalue weighted by molar-refractivity contribution is -0.222. The van der Waals surface area contributed by atoms with Crippen LogP contribution in [0, 0.1) is 11.3 Å². The summed E-state index contributed by atoms with van der Waals surface area (Å²) >= 11 is 0. The summed E-state index contributed by atoms with van der Waals surface area (Å²) in [5.74, 6) is -0.118. The van der Waals surface area contributed by atoms with E-state index < -0.39 is 23.0 Å². The lowest BCUT2D eigenvalue weighted by atomic mass is 9.61. The zero-order valence-electron chi connectivity index (χ0n) is 19.4. The van der Waals surface area contributed by atoms with Crippen molar-refractivity contribution >= 4 is 5.78 Å². The second kappa shape index (κ2) is 7.45. The number of methoxy groups -OCH3 is 3. The number of carbonyl (C=O) groups excluding carboxylic acids is 1. The van der Waals surface area contributed by atoms with Crippen LogP contribution in [0.1, 0.15) is 43.7 Å². The van der Waals surface area contributed by atoms with Crippen LogP contribution in [0.2, 0.25) is 0 Å². The van der Waals surface area contributed by atoms with E-state index in [4.69, 9.17) is 28.4 Å². The Bertz CT molecular complexity index is 1100. The maximum Gasteiger partial charge on any atom is 0.231 e. The first-order chi connectivity index (χ1) is 15.7. The van der Waals surface area contributed by atoms with E-state index in [-0.39, 0.29) is 12.6 Å². The molecule has 2 heterocycles. The SMILES string of the molecule is COc1cc([C@@H]2c3cc4c(cc3O[C@@]3(O)CC(C)(C)CC(=O)[C@H]23)OCO4)cc(OC)c1OC. The highest BCUT2D eigenvalue weighted by Gasteiger charge is 2.59. The van der Waals surface area contributed by atoms with Gasteiger partial charge >= 0.3 is 0 Å². The molecule has 2 aromatic carbocycles. The van der Waals surface area contributed by atoms with Crippen LogP contribution >= 0.6 is 0 Å². The smallest absolute Gasteiger partial charge is 0.231 e. The molecule has 0 aromatic heterocycles. The molecule has 2 aromatic rings. The van der Waals surface area contributed by atoms with E-state index in [9.17, 15) is 9.90 Å². The summed E-state index contributed by atoms with van der Waals surface area (Å²) in [4.78, 5) is 13.5. The number of carbonyl (C=O) groups is 1. The molecule has 176 valence electrons. The number of ether oxygens (including phenoxy) is 6. The van der Waals surface area contributed by atoms with Crippen LogP contribution in [0.25, 0.3) is 0 Å². The molecule has 5 rings (SSSR count). The predicted octanol–water partition coefficient (Wildman–Crippen LogP) is 3.66. The molecule has 0 bridgehead atoms. The summed E-state index contributed by atoms with van der Waals surface area (Å²) in [5, 5.41) is 11.8. The second-order valence-corrected chi connectivity index (χ2v) is 9.59. The number of benzene rings is 2. The minimum absolute atomic E-state index is 0.0594. The van der Waals surface area contributed by atoms with Crippen molar-refractivity contribution in [1.82, 2.24) is 0 Å². The number of fused-ring (bicyclic) bond motifs is 3. The van der Waals surface area contributed by atoms with Crippen LogP contribution in [0.5, 0.6) is 34.5 Å². The van der Waals surface area contributed by atoms with Gasteiger partial charge in [-0.05, 0) is 29.2 Å². The molecular weight excluding hydrogens is 428 g/mol. The monoisotopic (exact) mass is 456 g/mol. The summed E-state index contributed by atoms with van der Waals surface area (Å²) in [6.45, 7) is 4.03. The number of hydrogen-bond acceptors (Lipinski definition) is 8. The first kappa shape index (κ1) is 21.7. The standard InChI is InChI=1S/C25H28O8/c1-24(2)10-15(26)22-21(13-6-19(28-3)23(30-5)20(7-13)29-4)14-8-17-18(32-12-31-17)9-16(14)33-25(22,27)11-24/h6-9,21-22,27H,10-12H2,1-5H3/t21-,22-,25+/m1/s1. The van der Waals surface area contributed by atoms with Gasteiger partial charge in [0.2, 0.25) is 18.3 Å². The van der Waals surface area contributed by atoms with Crippen molar-refractivity contribution in [2.45, 2.75) is 38.4 Å². The van der Waals surface area contributed by atoms with Gasteiger partial charge in [-0.1, -0.05) is 13.8 Å². The average molecular weight is 456 g/mol. The Morgan fingerprint density at radius 2 is 1.58 bits per heavy atom. The molecule has 1 aliphatic carbocycles. The number of Topliss-reactive ketones (excluding diaryl/α,β-unsaturated/α-hetero) is 1. The molecule has 8 heteroatoms. The third-order valence-corrected chi connectivity index (χ3v) is 6.72. The van der Waals surface area contributed by atoms with Crippen LogP contribution in [0.4, 0.5) is 0 Å². The molecular formula is C25H28O8. The van der Waals surface area contributed by atoms with Gasteiger partial charge < -0.3 is 33.5 Å². The molecule has 8 nitrogen and oxygen atoms in total. The van der Waals surface area contributed by atoms with E-state index >= 15 is 0 Å². The number of aliphatic hydroxyl groups is 1. The molecule has 3 atom stereocenters. The van der Waals surface area contributed by atoms with Crippen LogP contribution in [-0.4, -0.2) is 44.8 Å². The quantitative estimate of drug-likeness (QED) is 0.745. The van der Waals surface area contributed by atoms with Crippen LogP contribution in [-0.2, 0) is 4.79 Å². The van der Waals surface area contributed by atoms with E-state index in [1.807, 2.05) is 32.0 Å². The normalized spacial score (nSPS) is 26.7. The Kier molecular flexibility index (Phi) is 4.90. The van der Waals surface area contributed by atoms with Gasteiger partial charge in [-0.15, -0.1) is 0 Å². The summed E-state index contributed by atoms with van der Waals surface area (Å²) < 4.78 is 33.9. The zero-order valence-corrected chi connectivity index (χ0v) is 19.4. The van der Waals surface area contributed by atoms with E-state index in [2.05, 4.69) is 0 Å².